The first-order valence-corrected chi connectivity index (χ1v) is 11.7. The first-order valence-electron chi connectivity index (χ1n) is 11.7. The molecule has 6 atom stereocenters. The SMILES string of the molecule is Cc1ccccc1C(=O)N(CN1C(=O)C2C3C=CC(C4CC34)C2C1=O)c1cccc(C(F)(F)F)c1. The van der Waals surface area contributed by atoms with Crippen molar-refractivity contribution < 1.29 is 27.6 Å². The molecule has 3 fully saturated rings. The molecule has 3 amide bonds. The second-order valence-electron chi connectivity index (χ2n) is 10.00. The van der Waals surface area contributed by atoms with Gasteiger partial charge in [-0.2, -0.15) is 13.2 Å². The Labute approximate surface area is 200 Å². The molecule has 5 nitrogen and oxygen atoms in total. The van der Waals surface area contributed by atoms with Crippen LogP contribution in [0.2, 0.25) is 0 Å². The van der Waals surface area contributed by atoms with E-state index < -0.39 is 36.2 Å². The molecule has 2 aromatic rings. The average Bonchev–Trinajstić information content (AvgIpc) is 3.62. The minimum absolute atomic E-state index is 0.0190. The summed E-state index contributed by atoms with van der Waals surface area (Å²) in [5.74, 6) is -1.24. The van der Waals surface area contributed by atoms with Crippen LogP contribution in [0.1, 0.15) is 27.9 Å². The predicted octanol–water partition coefficient (Wildman–Crippen LogP) is 4.67. The zero-order valence-corrected chi connectivity index (χ0v) is 18.9. The van der Waals surface area contributed by atoms with Gasteiger partial charge in [0, 0.05) is 11.3 Å². The molecule has 0 spiro atoms. The van der Waals surface area contributed by atoms with Crippen molar-refractivity contribution in [2.45, 2.75) is 19.5 Å². The summed E-state index contributed by atoms with van der Waals surface area (Å²) in [6.45, 7) is 1.31. The maximum absolute atomic E-state index is 13.6. The van der Waals surface area contributed by atoms with Crippen LogP contribution in [-0.4, -0.2) is 29.3 Å². The lowest BCUT2D eigenvalue weighted by molar-refractivity contribution is -0.140. The summed E-state index contributed by atoms with van der Waals surface area (Å²) in [5.41, 5.74) is 0.00844. The topological polar surface area (TPSA) is 57.7 Å². The Morgan fingerprint density at radius 3 is 2.20 bits per heavy atom. The number of carbonyl (C=O) groups is 3. The largest absolute Gasteiger partial charge is 0.416 e. The number of imide groups is 1. The van der Waals surface area contributed by atoms with E-state index in [0.717, 1.165) is 28.4 Å². The van der Waals surface area contributed by atoms with Crippen LogP contribution in [0.3, 0.4) is 0 Å². The van der Waals surface area contributed by atoms with E-state index in [4.69, 9.17) is 0 Å². The van der Waals surface area contributed by atoms with Gasteiger partial charge in [-0.25, -0.2) is 0 Å². The third-order valence-electron chi connectivity index (χ3n) is 8.14. The number of amides is 3. The molecule has 4 aliphatic carbocycles. The van der Waals surface area contributed by atoms with E-state index in [2.05, 4.69) is 12.2 Å². The Morgan fingerprint density at radius 1 is 0.971 bits per heavy atom. The molecule has 2 saturated carbocycles. The summed E-state index contributed by atoms with van der Waals surface area (Å²) < 4.78 is 40.4. The number of anilines is 1. The highest BCUT2D eigenvalue weighted by molar-refractivity contribution is 6.10. The molecule has 7 rings (SSSR count). The highest BCUT2D eigenvalue weighted by Gasteiger charge is 2.67. The lowest BCUT2D eigenvalue weighted by Crippen LogP contribution is -2.45. The fraction of sp³-hybridized carbons (Fsp3) is 0.370. The highest BCUT2D eigenvalue weighted by Crippen LogP contribution is 2.65. The quantitative estimate of drug-likeness (QED) is 0.472. The van der Waals surface area contributed by atoms with Gasteiger partial charge in [-0.05, 0) is 66.8 Å². The maximum atomic E-state index is 13.6. The molecule has 0 radical (unpaired) electrons. The summed E-state index contributed by atoms with van der Waals surface area (Å²) in [4.78, 5) is 42.8. The van der Waals surface area contributed by atoms with Crippen LogP contribution in [0.15, 0.2) is 60.7 Å². The van der Waals surface area contributed by atoms with Crippen molar-refractivity contribution in [3.8, 4) is 0 Å². The zero-order chi connectivity index (χ0) is 24.6. The standard InChI is InChI=1S/C27H23F3N2O3/c1-14-5-2-3-8-17(14)24(33)31(16-7-4-6-15(11-16)27(28,29)30)13-32-25(34)22-18-9-10-19(21-12-20(18)21)23(22)26(32)35/h2-11,18-23H,12-13H2,1H3. The van der Waals surface area contributed by atoms with Gasteiger partial charge in [-0.15, -0.1) is 0 Å². The Kier molecular flexibility index (Phi) is 4.75. The van der Waals surface area contributed by atoms with Gasteiger partial charge in [0.2, 0.25) is 11.8 Å². The Hall–Kier alpha value is -3.42. The summed E-state index contributed by atoms with van der Waals surface area (Å²) in [7, 11) is 0. The molecule has 180 valence electrons. The Balaban J connectivity index is 1.38. The predicted molar refractivity (Wildman–Crippen MR) is 121 cm³/mol. The third-order valence-corrected chi connectivity index (χ3v) is 8.14. The van der Waals surface area contributed by atoms with Crippen LogP contribution in [-0.2, 0) is 15.8 Å². The molecule has 0 aromatic heterocycles. The van der Waals surface area contributed by atoms with Gasteiger partial charge in [0.05, 0.1) is 17.4 Å². The lowest BCUT2D eigenvalue weighted by atomic mass is 9.63. The molecule has 1 aliphatic heterocycles. The number of alkyl halides is 3. The normalized spacial score (nSPS) is 30.3. The minimum Gasteiger partial charge on any atom is -0.290 e. The van der Waals surface area contributed by atoms with Crippen LogP contribution in [0.25, 0.3) is 0 Å². The molecule has 5 aliphatic rings. The van der Waals surface area contributed by atoms with Gasteiger partial charge >= 0.3 is 6.18 Å². The van der Waals surface area contributed by atoms with Crippen molar-refractivity contribution in [2.75, 3.05) is 11.6 Å². The van der Waals surface area contributed by atoms with E-state index in [1.807, 2.05) is 0 Å². The maximum Gasteiger partial charge on any atom is 0.416 e. The number of hydrogen-bond donors (Lipinski definition) is 0. The van der Waals surface area contributed by atoms with E-state index >= 15 is 0 Å². The van der Waals surface area contributed by atoms with Crippen molar-refractivity contribution in [2.24, 2.45) is 35.5 Å². The smallest absolute Gasteiger partial charge is 0.290 e. The molecule has 1 saturated heterocycles. The molecular weight excluding hydrogens is 457 g/mol. The van der Waals surface area contributed by atoms with Crippen LogP contribution in [0.5, 0.6) is 0 Å². The molecule has 6 unspecified atom stereocenters. The van der Waals surface area contributed by atoms with Gasteiger partial charge < -0.3 is 0 Å². The van der Waals surface area contributed by atoms with Crippen LogP contribution >= 0.6 is 0 Å². The van der Waals surface area contributed by atoms with Gasteiger partial charge in [0.25, 0.3) is 5.91 Å². The number of benzene rings is 2. The summed E-state index contributed by atoms with van der Waals surface area (Å²) >= 11 is 0. The third kappa shape index (κ3) is 3.33. The van der Waals surface area contributed by atoms with E-state index in [9.17, 15) is 27.6 Å². The van der Waals surface area contributed by atoms with Gasteiger partial charge in [-0.3, -0.25) is 24.2 Å². The van der Waals surface area contributed by atoms with Crippen LogP contribution in [0, 0.1) is 42.4 Å². The summed E-state index contributed by atoms with van der Waals surface area (Å²) in [6, 6.07) is 11.2. The van der Waals surface area contributed by atoms with E-state index in [1.54, 1.807) is 31.2 Å². The fourth-order valence-electron chi connectivity index (χ4n) is 6.37. The molecule has 35 heavy (non-hydrogen) atoms. The number of likely N-dealkylation sites (tertiary alicyclic amines) is 1. The first kappa shape index (κ1) is 22.1. The van der Waals surface area contributed by atoms with Crippen molar-refractivity contribution in [1.29, 1.82) is 0 Å². The molecule has 8 heteroatoms. The molecule has 1 heterocycles. The van der Waals surface area contributed by atoms with E-state index in [1.165, 1.54) is 12.1 Å². The lowest BCUT2D eigenvalue weighted by Gasteiger charge is -2.37. The van der Waals surface area contributed by atoms with Crippen LogP contribution < -0.4 is 4.90 Å². The second kappa shape index (κ2) is 7.54. The van der Waals surface area contributed by atoms with Gasteiger partial charge in [-0.1, -0.05) is 36.4 Å². The van der Waals surface area contributed by atoms with Crippen molar-refractivity contribution >= 4 is 23.4 Å². The Bertz CT molecular complexity index is 1250. The number of nitrogens with zero attached hydrogens (tertiary/aromatic N) is 2. The van der Waals surface area contributed by atoms with E-state index in [0.29, 0.717) is 23.0 Å². The minimum atomic E-state index is -4.60. The molecule has 0 N–H and O–H groups in total. The van der Waals surface area contributed by atoms with Crippen LogP contribution in [0.4, 0.5) is 18.9 Å². The van der Waals surface area contributed by atoms with Crippen molar-refractivity contribution in [3.63, 3.8) is 0 Å². The second-order valence-corrected chi connectivity index (χ2v) is 10.00. The Morgan fingerprint density at radius 2 is 1.60 bits per heavy atom. The number of rotatable bonds is 4. The monoisotopic (exact) mass is 480 g/mol. The first-order chi connectivity index (χ1) is 16.7. The fourth-order valence-corrected chi connectivity index (χ4v) is 6.37. The number of halogens is 3. The number of allylic oxidation sites excluding steroid dienone is 2. The zero-order valence-electron chi connectivity index (χ0n) is 18.9. The average molecular weight is 480 g/mol. The van der Waals surface area contributed by atoms with Gasteiger partial charge in [0.1, 0.15) is 6.67 Å². The van der Waals surface area contributed by atoms with E-state index in [-0.39, 0.29) is 29.3 Å². The summed E-state index contributed by atoms with van der Waals surface area (Å²) in [6.07, 6.45) is 0.529. The number of aryl methyl sites for hydroxylation is 1. The van der Waals surface area contributed by atoms with Gasteiger partial charge in [0.15, 0.2) is 0 Å². The number of carbonyl (C=O) groups excluding carboxylic acids is 3. The molecular formula is C27H23F3N2O3. The number of hydrogen-bond acceptors (Lipinski definition) is 3. The van der Waals surface area contributed by atoms with Crippen molar-refractivity contribution in [3.05, 3.63) is 77.4 Å². The van der Waals surface area contributed by atoms with Crippen molar-refractivity contribution in [1.82, 2.24) is 4.90 Å². The molecule has 2 aromatic carbocycles. The highest BCUT2D eigenvalue weighted by atomic mass is 19.4. The summed E-state index contributed by atoms with van der Waals surface area (Å²) in [5, 5.41) is 0. The molecule has 2 bridgehead atoms.